The van der Waals surface area contributed by atoms with Gasteiger partial charge in [0.15, 0.2) is 0 Å². The summed E-state index contributed by atoms with van der Waals surface area (Å²) in [5.74, 6) is -3.17. The molecule has 0 saturated heterocycles. The average molecular weight is 231 g/mol. The lowest BCUT2D eigenvalue weighted by Crippen LogP contribution is -2.44. The van der Waals surface area contributed by atoms with E-state index in [0.29, 0.717) is 0 Å². The van der Waals surface area contributed by atoms with E-state index in [1.54, 1.807) is 6.07 Å². The van der Waals surface area contributed by atoms with Crippen molar-refractivity contribution in [1.82, 2.24) is 0 Å². The van der Waals surface area contributed by atoms with Gasteiger partial charge >= 0.3 is 12.1 Å². The first-order chi connectivity index (χ1) is 7.34. The van der Waals surface area contributed by atoms with Crippen molar-refractivity contribution in [2.24, 2.45) is 0 Å². The normalized spacial score (nSPS) is 11.0. The van der Waals surface area contributed by atoms with Crippen molar-refractivity contribution in [3.63, 3.8) is 0 Å². The van der Waals surface area contributed by atoms with Gasteiger partial charge in [0.25, 0.3) is 0 Å². The number of carbonyl (C=O) groups is 2. The molecule has 0 radical (unpaired) electrons. The molecule has 0 aliphatic carbocycles. The molecule has 1 aromatic rings. The quantitative estimate of drug-likeness (QED) is 0.742. The van der Waals surface area contributed by atoms with E-state index in [-0.39, 0.29) is 10.6 Å². The summed E-state index contributed by atoms with van der Waals surface area (Å²) in [5.41, 5.74) is -0.0997. The molecule has 0 atom stereocenters. The fraction of sp³-hybridized carbons (Fsp3) is 0.200. The first-order valence-electron chi connectivity index (χ1n) is 4.31. The van der Waals surface area contributed by atoms with E-state index in [2.05, 4.69) is 0 Å². The maximum atomic E-state index is 12.2. The van der Waals surface area contributed by atoms with Gasteiger partial charge in [-0.3, -0.25) is 9.59 Å². The predicted molar refractivity (Wildman–Crippen MR) is 50.7 cm³/mol. The fourth-order valence-electron chi connectivity index (χ4n) is 1.15. The Balaban J connectivity index is 3.12. The van der Waals surface area contributed by atoms with Crippen molar-refractivity contribution in [3.8, 4) is 0 Å². The molecule has 0 heterocycles. The number of alkyl halides is 3. The third kappa shape index (κ3) is 2.59. The van der Waals surface area contributed by atoms with E-state index >= 15 is 0 Å². The Hall–Kier alpha value is -1.85. The van der Waals surface area contributed by atoms with Crippen LogP contribution in [0.1, 0.15) is 6.92 Å². The third-order valence-electron chi connectivity index (χ3n) is 1.77. The summed E-state index contributed by atoms with van der Waals surface area (Å²) < 4.78 is 36.6. The van der Waals surface area contributed by atoms with Crippen LogP contribution in [-0.2, 0) is 9.59 Å². The van der Waals surface area contributed by atoms with E-state index in [4.69, 9.17) is 0 Å². The second-order valence-electron chi connectivity index (χ2n) is 2.99. The van der Waals surface area contributed by atoms with Gasteiger partial charge in [-0.15, -0.1) is 0 Å². The van der Waals surface area contributed by atoms with Crippen molar-refractivity contribution in [3.05, 3.63) is 30.3 Å². The highest BCUT2D eigenvalue weighted by Gasteiger charge is 2.44. The Kier molecular flexibility index (Phi) is 3.31. The minimum atomic E-state index is -5.07. The minimum Gasteiger partial charge on any atom is -0.274 e. The molecule has 16 heavy (non-hydrogen) atoms. The number of benzene rings is 1. The number of amides is 2. The molecule has 1 rings (SSSR count). The molecular weight excluding hydrogens is 223 g/mol. The highest BCUT2D eigenvalue weighted by Crippen LogP contribution is 2.23. The van der Waals surface area contributed by atoms with Crippen molar-refractivity contribution < 1.29 is 22.8 Å². The van der Waals surface area contributed by atoms with E-state index < -0.39 is 18.0 Å². The van der Waals surface area contributed by atoms with Gasteiger partial charge in [0, 0.05) is 6.92 Å². The lowest BCUT2D eigenvalue weighted by Gasteiger charge is -2.20. The summed E-state index contributed by atoms with van der Waals surface area (Å²) >= 11 is 0. The van der Waals surface area contributed by atoms with Gasteiger partial charge in [-0.25, -0.2) is 4.90 Å². The minimum absolute atomic E-state index is 0.0972. The first kappa shape index (κ1) is 12.2. The molecule has 2 amide bonds. The summed E-state index contributed by atoms with van der Waals surface area (Å²) in [5, 5.41) is 0. The van der Waals surface area contributed by atoms with Crippen LogP contribution < -0.4 is 4.90 Å². The van der Waals surface area contributed by atoms with Gasteiger partial charge in [0.2, 0.25) is 5.91 Å². The Morgan fingerprint density at radius 1 is 1.12 bits per heavy atom. The summed E-state index contributed by atoms with van der Waals surface area (Å²) in [6.07, 6.45) is -5.07. The zero-order valence-corrected chi connectivity index (χ0v) is 8.28. The van der Waals surface area contributed by atoms with E-state index in [1.165, 1.54) is 24.3 Å². The lowest BCUT2D eigenvalue weighted by molar-refractivity contribution is -0.171. The Morgan fingerprint density at radius 2 is 1.62 bits per heavy atom. The van der Waals surface area contributed by atoms with Crippen LogP contribution in [-0.4, -0.2) is 18.0 Å². The maximum absolute atomic E-state index is 12.2. The Morgan fingerprint density at radius 3 is 2.00 bits per heavy atom. The van der Waals surface area contributed by atoms with Gasteiger partial charge in [-0.1, -0.05) is 18.2 Å². The van der Waals surface area contributed by atoms with Crippen LogP contribution in [0.25, 0.3) is 0 Å². The first-order valence-corrected chi connectivity index (χ1v) is 4.31. The van der Waals surface area contributed by atoms with Gasteiger partial charge < -0.3 is 0 Å². The summed E-state index contributed by atoms with van der Waals surface area (Å²) in [7, 11) is 0. The number of nitrogens with zero attached hydrogens (tertiary/aromatic N) is 1. The largest absolute Gasteiger partial charge is 0.472 e. The molecule has 1 aromatic carbocycles. The Labute approximate surface area is 89.5 Å². The second-order valence-corrected chi connectivity index (χ2v) is 2.99. The van der Waals surface area contributed by atoms with Crippen molar-refractivity contribution in [1.29, 1.82) is 0 Å². The van der Waals surface area contributed by atoms with Gasteiger partial charge in [-0.2, -0.15) is 13.2 Å². The molecule has 3 nitrogen and oxygen atoms in total. The number of hydrogen-bond acceptors (Lipinski definition) is 2. The smallest absolute Gasteiger partial charge is 0.274 e. The SMILES string of the molecule is CC(=O)N(C(=O)C(F)(F)F)c1ccccc1. The predicted octanol–water partition coefficient (Wildman–Crippen LogP) is 2.13. The number of para-hydroxylation sites is 1. The molecule has 0 N–H and O–H groups in total. The topological polar surface area (TPSA) is 37.4 Å². The zero-order chi connectivity index (χ0) is 12.3. The second kappa shape index (κ2) is 4.34. The summed E-state index contributed by atoms with van der Waals surface area (Å²) in [6, 6.07) is 6.96. The summed E-state index contributed by atoms with van der Waals surface area (Å²) in [4.78, 5) is 22.1. The fourth-order valence-corrected chi connectivity index (χ4v) is 1.15. The van der Waals surface area contributed by atoms with Crippen LogP contribution >= 0.6 is 0 Å². The molecule has 86 valence electrons. The highest BCUT2D eigenvalue weighted by atomic mass is 19.4. The molecule has 0 aromatic heterocycles. The molecule has 0 spiro atoms. The maximum Gasteiger partial charge on any atom is 0.472 e. The van der Waals surface area contributed by atoms with Gasteiger partial charge in [0.05, 0.1) is 5.69 Å². The monoisotopic (exact) mass is 231 g/mol. The number of imide groups is 1. The third-order valence-corrected chi connectivity index (χ3v) is 1.77. The van der Waals surface area contributed by atoms with Crippen LogP contribution in [0.15, 0.2) is 30.3 Å². The lowest BCUT2D eigenvalue weighted by atomic mass is 10.3. The van der Waals surface area contributed by atoms with E-state index in [0.717, 1.165) is 6.92 Å². The highest BCUT2D eigenvalue weighted by molar-refractivity contribution is 6.15. The molecule has 6 heteroatoms. The average Bonchev–Trinajstić information content (AvgIpc) is 2.17. The van der Waals surface area contributed by atoms with Gasteiger partial charge in [-0.05, 0) is 12.1 Å². The zero-order valence-electron chi connectivity index (χ0n) is 8.28. The van der Waals surface area contributed by atoms with Gasteiger partial charge in [0.1, 0.15) is 0 Å². The molecule has 0 bridgehead atoms. The summed E-state index contributed by atoms with van der Waals surface area (Å²) in [6.45, 7) is 0.899. The molecule has 0 aliphatic rings. The van der Waals surface area contributed by atoms with Crippen molar-refractivity contribution in [2.45, 2.75) is 13.1 Å². The van der Waals surface area contributed by atoms with Crippen molar-refractivity contribution in [2.75, 3.05) is 4.90 Å². The molecule has 0 saturated carbocycles. The van der Waals surface area contributed by atoms with Crippen LogP contribution in [0.5, 0.6) is 0 Å². The van der Waals surface area contributed by atoms with E-state index in [9.17, 15) is 22.8 Å². The van der Waals surface area contributed by atoms with E-state index in [1.807, 2.05) is 0 Å². The van der Waals surface area contributed by atoms with Crippen LogP contribution in [0.4, 0.5) is 18.9 Å². The number of rotatable bonds is 1. The van der Waals surface area contributed by atoms with Crippen molar-refractivity contribution >= 4 is 17.5 Å². The Bertz CT molecular complexity index is 400. The van der Waals surface area contributed by atoms with Crippen LogP contribution in [0, 0.1) is 0 Å². The molecule has 0 fully saturated rings. The molecule has 0 unspecified atom stereocenters. The van der Waals surface area contributed by atoms with Crippen LogP contribution in [0.2, 0.25) is 0 Å². The van der Waals surface area contributed by atoms with Crippen LogP contribution in [0.3, 0.4) is 0 Å². The molecular formula is C10H8F3NO2. The number of anilines is 1. The standard InChI is InChI=1S/C10H8F3NO2/c1-7(15)14(9(16)10(11,12)13)8-5-3-2-4-6-8/h2-6H,1H3. The number of carbonyl (C=O) groups excluding carboxylic acids is 2. The molecule has 0 aliphatic heterocycles. The number of halogens is 3. The number of hydrogen-bond donors (Lipinski definition) is 0.